The minimum atomic E-state index is -1.03. The van der Waals surface area contributed by atoms with Crippen LogP contribution in [0.5, 0.6) is 0 Å². The van der Waals surface area contributed by atoms with Crippen LogP contribution in [0.3, 0.4) is 0 Å². The van der Waals surface area contributed by atoms with Crippen LogP contribution in [0.4, 0.5) is 10.1 Å². The van der Waals surface area contributed by atoms with Gasteiger partial charge in [0.25, 0.3) is 5.91 Å². The van der Waals surface area contributed by atoms with Crippen LogP contribution in [0.25, 0.3) is 0 Å². The Morgan fingerprint density at radius 1 is 1.26 bits per heavy atom. The predicted molar refractivity (Wildman–Crippen MR) is 87.5 cm³/mol. The van der Waals surface area contributed by atoms with Crippen LogP contribution in [0.2, 0.25) is 5.02 Å². The van der Waals surface area contributed by atoms with Crippen LogP contribution >= 0.6 is 11.6 Å². The van der Waals surface area contributed by atoms with Gasteiger partial charge in [-0.05, 0) is 37.3 Å². The van der Waals surface area contributed by atoms with E-state index in [0.717, 1.165) is 0 Å². The number of benzodiazepines with no additional fused rings is 1. The lowest BCUT2D eigenvalue weighted by molar-refractivity contribution is -0.118. The molecule has 0 aliphatic carbocycles. The zero-order valence-electron chi connectivity index (χ0n) is 12.3. The number of rotatable bonds is 2. The van der Waals surface area contributed by atoms with E-state index in [4.69, 9.17) is 11.6 Å². The van der Waals surface area contributed by atoms with Crippen molar-refractivity contribution in [2.24, 2.45) is 4.99 Å². The highest BCUT2D eigenvalue weighted by Gasteiger charge is 2.28. The lowest BCUT2D eigenvalue weighted by Crippen LogP contribution is -2.39. The van der Waals surface area contributed by atoms with E-state index in [1.165, 1.54) is 17.9 Å². The summed E-state index contributed by atoms with van der Waals surface area (Å²) in [6.07, 6.45) is -1.03. The van der Waals surface area contributed by atoms with Gasteiger partial charge in [-0.25, -0.2) is 4.39 Å². The van der Waals surface area contributed by atoms with Gasteiger partial charge in [-0.1, -0.05) is 23.7 Å². The van der Waals surface area contributed by atoms with E-state index in [1.807, 2.05) is 0 Å². The van der Waals surface area contributed by atoms with Gasteiger partial charge in [0, 0.05) is 16.1 Å². The largest absolute Gasteiger partial charge is 0.373 e. The van der Waals surface area contributed by atoms with Crippen LogP contribution in [0.15, 0.2) is 47.5 Å². The molecule has 1 aliphatic rings. The Morgan fingerprint density at radius 3 is 2.70 bits per heavy atom. The molecule has 4 nitrogen and oxygen atoms in total. The van der Waals surface area contributed by atoms with Crippen LogP contribution in [-0.4, -0.2) is 29.5 Å². The van der Waals surface area contributed by atoms with Gasteiger partial charge in [-0.3, -0.25) is 14.7 Å². The molecular weight excluding hydrogens is 319 g/mol. The molecule has 1 atom stereocenters. The molecule has 118 valence electrons. The second-order valence-electron chi connectivity index (χ2n) is 5.20. The van der Waals surface area contributed by atoms with E-state index in [0.29, 0.717) is 22.0 Å². The molecule has 0 aromatic heterocycles. The number of aliphatic imine (C=N–C) groups is 1. The molecule has 1 amide bonds. The highest BCUT2D eigenvalue weighted by molar-refractivity contribution is 6.32. The van der Waals surface area contributed by atoms with Gasteiger partial charge < -0.3 is 5.11 Å². The first-order chi connectivity index (χ1) is 11.0. The summed E-state index contributed by atoms with van der Waals surface area (Å²) in [5.41, 5.74) is 1.59. The molecule has 1 aliphatic heterocycles. The fourth-order valence-corrected chi connectivity index (χ4v) is 2.82. The molecule has 1 N–H and O–H groups in total. The normalized spacial score (nSPS) is 15.7. The Hall–Kier alpha value is -2.24. The number of hydrogen-bond donors (Lipinski definition) is 1. The maximum Gasteiger partial charge on any atom is 0.250 e. The van der Waals surface area contributed by atoms with E-state index in [1.54, 1.807) is 36.4 Å². The third-order valence-corrected chi connectivity index (χ3v) is 3.85. The van der Waals surface area contributed by atoms with E-state index >= 15 is 0 Å². The number of benzene rings is 2. The van der Waals surface area contributed by atoms with Gasteiger partial charge in [-0.15, -0.1) is 0 Å². The SMILES string of the molecule is C[C@@H](O)N1C(=O)CN=C(c2ccccc2F)c2cc(Cl)ccc21. The summed E-state index contributed by atoms with van der Waals surface area (Å²) in [5.74, 6) is -0.801. The molecule has 0 unspecified atom stereocenters. The number of anilines is 1. The first-order valence-electron chi connectivity index (χ1n) is 7.08. The molecule has 3 rings (SSSR count). The third kappa shape index (κ3) is 2.85. The average molecular weight is 333 g/mol. The Bertz CT molecular complexity index is 805. The van der Waals surface area contributed by atoms with Crippen molar-refractivity contribution in [2.75, 3.05) is 11.4 Å². The lowest BCUT2D eigenvalue weighted by atomic mass is 9.99. The summed E-state index contributed by atoms with van der Waals surface area (Å²) >= 11 is 6.07. The number of halogens is 2. The van der Waals surface area contributed by atoms with E-state index in [-0.39, 0.29) is 18.0 Å². The number of nitrogens with zero attached hydrogens (tertiary/aromatic N) is 2. The monoisotopic (exact) mass is 332 g/mol. The summed E-state index contributed by atoms with van der Waals surface area (Å²) in [5, 5.41) is 10.4. The number of amides is 1. The first-order valence-corrected chi connectivity index (χ1v) is 7.46. The summed E-state index contributed by atoms with van der Waals surface area (Å²) in [4.78, 5) is 17.8. The van der Waals surface area contributed by atoms with Crippen molar-refractivity contribution in [3.8, 4) is 0 Å². The first kappa shape index (κ1) is 15.6. The summed E-state index contributed by atoms with van der Waals surface area (Å²) in [7, 11) is 0. The molecule has 0 spiro atoms. The van der Waals surface area contributed by atoms with Gasteiger partial charge in [0.1, 0.15) is 18.6 Å². The van der Waals surface area contributed by atoms with Gasteiger partial charge in [0.2, 0.25) is 0 Å². The van der Waals surface area contributed by atoms with Crippen LogP contribution in [0.1, 0.15) is 18.1 Å². The molecule has 0 fully saturated rings. The second kappa shape index (κ2) is 6.10. The second-order valence-corrected chi connectivity index (χ2v) is 5.64. The van der Waals surface area contributed by atoms with E-state index < -0.39 is 12.0 Å². The molecule has 0 saturated carbocycles. The van der Waals surface area contributed by atoms with Gasteiger partial charge in [0.15, 0.2) is 0 Å². The van der Waals surface area contributed by atoms with Crippen molar-refractivity contribution in [2.45, 2.75) is 13.2 Å². The Labute approximate surface area is 137 Å². The lowest BCUT2D eigenvalue weighted by Gasteiger charge is -2.25. The maximum atomic E-state index is 14.2. The number of carbonyl (C=O) groups excluding carboxylic acids is 1. The maximum absolute atomic E-state index is 14.2. The number of aliphatic hydroxyl groups excluding tert-OH is 1. The highest BCUT2D eigenvalue weighted by atomic mass is 35.5. The number of aliphatic hydroxyl groups is 1. The molecule has 0 saturated heterocycles. The molecule has 0 radical (unpaired) electrons. The topological polar surface area (TPSA) is 52.9 Å². The highest BCUT2D eigenvalue weighted by Crippen LogP contribution is 2.31. The van der Waals surface area contributed by atoms with Crippen molar-refractivity contribution in [1.29, 1.82) is 0 Å². The van der Waals surface area contributed by atoms with Gasteiger partial charge in [0.05, 0.1) is 11.4 Å². The number of hydrogen-bond acceptors (Lipinski definition) is 3. The van der Waals surface area contributed by atoms with Crippen molar-refractivity contribution in [1.82, 2.24) is 0 Å². The van der Waals surface area contributed by atoms with Gasteiger partial charge in [-0.2, -0.15) is 0 Å². The summed E-state index contributed by atoms with van der Waals surface area (Å²) < 4.78 is 14.2. The van der Waals surface area contributed by atoms with Crippen molar-refractivity contribution >= 4 is 28.9 Å². The molecular formula is C17H14ClFN2O2. The quantitative estimate of drug-likeness (QED) is 0.919. The Balaban J connectivity index is 2.26. The zero-order valence-corrected chi connectivity index (χ0v) is 13.1. The molecule has 6 heteroatoms. The molecule has 0 bridgehead atoms. The minimum absolute atomic E-state index is 0.180. The van der Waals surface area contributed by atoms with Crippen LogP contribution in [0, 0.1) is 5.82 Å². The van der Waals surface area contributed by atoms with E-state index in [2.05, 4.69) is 4.99 Å². The Morgan fingerprint density at radius 2 is 2.00 bits per heavy atom. The molecule has 2 aromatic carbocycles. The van der Waals surface area contributed by atoms with Gasteiger partial charge >= 0.3 is 0 Å². The zero-order chi connectivity index (χ0) is 16.6. The van der Waals surface area contributed by atoms with Crippen LogP contribution < -0.4 is 4.90 Å². The van der Waals surface area contributed by atoms with Crippen LogP contribution in [-0.2, 0) is 4.79 Å². The Kier molecular flexibility index (Phi) is 4.15. The van der Waals surface area contributed by atoms with E-state index in [9.17, 15) is 14.3 Å². The van der Waals surface area contributed by atoms with Crippen molar-refractivity contribution in [3.05, 3.63) is 64.4 Å². The number of fused-ring (bicyclic) bond motifs is 1. The third-order valence-electron chi connectivity index (χ3n) is 3.62. The summed E-state index contributed by atoms with van der Waals surface area (Å²) in [6.45, 7) is 1.31. The van der Waals surface area contributed by atoms with Crippen molar-refractivity contribution < 1.29 is 14.3 Å². The molecule has 2 aromatic rings. The van der Waals surface area contributed by atoms with Crippen molar-refractivity contribution in [3.63, 3.8) is 0 Å². The number of carbonyl (C=O) groups is 1. The minimum Gasteiger partial charge on any atom is -0.373 e. The summed E-state index contributed by atoms with van der Waals surface area (Å²) in [6, 6.07) is 11.1. The standard InChI is InChI=1S/C17H14ClFN2O2/c1-10(22)21-15-7-6-11(18)8-13(15)17(20-9-16(21)23)12-4-2-3-5-14(12)19/h2-8,10,22H,9H2,1H3/t10-/m1/s1. The smallest absolute Gasteiger partial charge is 0.250 e. The predicted octanol–water partition coefficient (Wildman–Crippen LogP) is 3.00. The average Bonchev–Trinajstić information content (AvgIpc) is 2.64. The molecule has 23 heavy (non-hydrogen) atoms. The fourth-order valence-electron chi connectivity index (χ4n) is 2.64. The fraction of sp³-hybridized carbons (Fsp3) is 0.176. The molecule has 1 heterocycles.